The van der Waals surface area contributed by atoms with Crippen molar-refractivity contribution in [3.63, 3.8) is 0 Å². The van der Waals surface area contributed by atoms with Crippen LogP contribution in [0, 0.1) is 5.92 Å². The van der Waals surface area contributed by atoms with E-state index in [1.807, 2.05) is 11.8 Å². The summed E-state index contributed by atoms with van der Waals surface area (Å²) < 4.78 is 1.41. The molecule has 1 aliphatic rings. The summed E-state index contributed by atoms with van der Waals surface area (Å²) in [7, 11) is 0. The van der Waals surface area contributed by atoms with E-state index in [0.717, 1.165) is 19.5 Å². The Morgan fingerprint density at radius 3 is 2.83 bits per heavy atom. The fraction of sp³-hybridized carbons (Fsp3) is 0.667. The lowest BCUT2D eigenvalue weighted by Crippen LogP contribution is -2.30. The van der Waals surface area contributed by atoms with Gasteiger partial charge in [0.05, 0.1) is 11.9 Å². The predicted molar refractivity (Wildman–Crippen MR) is 73.2 cm³/mol. The molecule has 2 rings (SSSR count). The molecule has 18 heavy (non-hydrogen) atoms. The van der Waals surface area contributed by atoms with Crippen molar-refractivity contribution in [2.75, 3.05) is 18.0 Å². The Bertz CT molecular complexity index is 477. The van der Waals surface area contributed by atoms with Gasteiger partial charge in [-0.1, -0.05) is 25.4 Å². The summed E-state index contributed by atoms with van der Waals surface area (Å²) in [6.45, 7) is 6.23. The van der Waals surface area contributed by atoms with Crippen LogP contribution in [0.15, 0.2) is 11.0 Å². The Morgan fingerprint density at radius 1 is 1.56 bits per heavy atom. The second kappa shape index (κ2) is 5.28. The molecule has 1 aromatic rings. The molecule has 0 amide bonds. The van der Waals surface area contributed by atoms with Crippen LogP contribution < -0.4 is 16.2 Å². The highest BCUT2D eigenvalue weighted by molar-refractivity contribution is 6.33. The minimum absolute atomic E-state index is 0.124. The molecule has 0 saturated carbocycles. The van der Waals surface area contributed by atoms with Crippen LogP contribution in [-0.2, 0) is 6.54 Å². The van der Waals surface area contributed by atoms with Crippen LogP contribution in [-0.4, -0.2) is 28.9 Å². The van der Waals surface area contributed by atoms with E-state index in [4.69, 9.17) is 17.3 Å². The molecule has 2 heterocycles. The van der Waals surface area contributed by atoms with E-state index < -0.39 is 0 Å². The van der Waals surface area contributed by atoms with Gasteiger partial charge in [-0.3, -0.25) is 4.79 Å². The van der Waals surface area contributed by atoms with Crippen molar-refractivity contribution in [3.8, 4) is 0 Å². The first-order chi connectivity index (χ1) is 8.54. The minimum atomic E-state index is -0.218. The van der Waals surface area contributed by atoms with Gasteiger partial charge < -0.3 is 10.6 Å². The maximum Gasteiger partial charge on any atom is 0.287 e. The van der Waals surface area contributed by atoms with Gasteiger partial charge in [-0.2, -0.15) is 5.10 Å². The van der Waals surface area contributed by atoms with E-state index in [0.29, 0.717) is 18.2 Å². The van der Waals surface area contributed by atoms with Crippen molar-refractivity contribution in [2.45, 2.75) is 32.9 Å². The Morgan fingerprint density at radius 2 is 2.28 bits per heavy atom. The van der Waals surface area contributed by atoms with E-state index >= 15 is 0 Å². The molecule has 2 N–H and O–H groups in total. The van der Waals surface area contributed by atoms with Crippen molar-refractivity contribution in [3.05, 3.63) is 21.6 Å². The third-order valence-electron chi connectivity index (χ3n) is 3.41. The Labute approximate surface area is 112 Å². The highest BCUT2D eigenvalue weighted by Crippen LogP contribution is 2.26. The fourth-order valence-corrected chi connectivity index (χ4v) is 2.50. The highest BCUT2D eigenvalue weighted by Gasteiger charge is 2.28. The molecule has 0 spiro atoms. The number of halogens is 1. The lowest BCUT2D eigenvalue weighted by molar-refractivity contribution is 0.564. The van der Waals surface area contributed by atoms with Gasteiger partial charge in [-0.25, -0.2) is 4.68 Å². The summed E-state index contributed by atoms with van der Waals surface area (Å²) in [5.74, 6) is 0.402. The zero-order valence-corrected chi connectivity index (χ0v) is 11.5. The standard InChI is InChI=1S/C12H19ClN4O/c1-3-4-17-12(18)11(13)10(5-15-17)16-6-8(2)9(14)7-16/h5,8-9H,3-4,6-7,14H2,1-2H3. The Hall–Kier alpha value is -1.07. The van der Waals surface area contributed by atoms with E-state index in [1.54, 1.807) is 6.20 Å². The van der Waals surface area contributed by atoms with Crippen LogP contribution in [0.3, 0.4) is 0 Å². The summed E-state index contributed by atoms with van der Waals surface area (Å²) in [5.41, 5.74) is 6.47. The van der Waals surface area contributed by atoms with Crippen LogP contribution in [0.5, 0.6) is 0 Å². The van der Waals surface area contributed by atoms with Crippen molar-refractivity contribution >= 4 is 17.3 Å². The zero-order chi connectivity index (χ0) is 13.3. The topological polar surface area (TPSA) is 64.2 Å². The number of nitrogens with zero attached hydrogens (tertiary/aromatic N) is 3. The SMILES string of the molecule is CCCn1ncc(N2CC(C)C(N)C2)c(Cl)c1=O. The van der Waals surface area contributed by atoms with Gasteiger partial charge in [0.15, 0.2) is 0 Å². The van der Waals surface area contributed by atoms with E-state index in [-0.39, 0.29) is 16.6 Å². The maximum atomic E-state index is 12.0. The number of hydrogen-bond donors (Lipinski definition) is 1. The molecular formula is C12H19ClN4O. The molecule has 0 bridgehead atoms. The normalized spacial score (nSPS) is 23.7. The van der Waals surface area contributed by atoms with Crippen LogP contribution in [0.4, 0.5) is 5.69 Å². The number of anilines is 1. The first-order valence-corrected chi connectivity index (χ1v) is 6.68. The van der Waals surface area contributed by atoms with Crippen LogP contribution in [0.1, 0.15) is 20.3 Å². The third-order valence-corrected chi connectivity index (χ3v) is 3.77. The molecule has 5 nitrogen and oxygen atoms in total. The Balaban J connectivity index is 2.30. The van der Waals surface area contributed by atoms with Gasteiger partial charge in [0.25, 0.3) is 5.56 Å². The second-order valence-electron chi connectivity index (χ2n) is 4.92. The quantitative estimate of drug-likeness (QED) is 0.893. The third kappa shape index (κ3) is 2.37. The van der Waals surface area contributed by atoms with Gasteiger partial charge in [-0.15, -0.1) is 0 Å². The molecule has 6 heteroatoms. The van der Waals surface area contributed by atoms with Gasteiger partial charge in [0, 0.05) is 25.7 Å². The first kappa shape index (κ1) is 13.4. The fourth-order valence-electron chi connectivity index (χ4n) is 2.24. The summed E-state index contributed by atoms with van der Waals surface area (Å²) in [4.78, 5) is 14.1. The van der Waals surface area contributed by atoms with Crippen molar-refractivity contribution < 1.29 is 0 Å². The van der Waals surface area contributed by atoms with Crippen molar-refractivity contribution in [2.24, 2.45) is 11.7 Å². The average Bonchev–Trinajstić information content (AvgIpc) is 2.66. The molecule has 0 aromatic carbocycles. The smallest absolute Gasteiger partial charge is 0.287 e. The largest absolute Gasteiger partial charge is 0.367 e. The molecule has 100 valence electrons. The number of aromatic nitrogens is 2. The summed E-state index contributed by atoms with van der Waals surface area (Å²) in [5, 5.41) is 4.41. The Kier molecular flexibility index (Phi) is 3.92. The molecule has 1 fully saturated rings. The van der Waals surface area contributed by atoms with Crippen molar-refractivity contribution in [1.82, 2.24) is 9.78 Å². The number of hydrogen-bond acceptors (Lipinski definition) is 4. The molecule has 1 aliphatic heterocycles. The number of nitrogens with two attached hydrogens (primary N) is 1. The molecule has 2 unspecified atom stereocenters. The van der Waals surface area contributed by atoms with E-state index in [1.165, 1.54) is 4.68 Å². The summed E-state index contributed by atoms with van der Waals surface area (Å²) in [6, 6.07) is 0.124. The number of aryl methyl sites for hydroxylation is 1. The predicted octanol–water partition coefficient (Wildman–Crippen LogP) is 1.09. The van der Waals surface area contributed by atoms with Crippen LogP contribution in [0.2, 0.25) is 5.02 Å². The highest BCUT2D eigenvalue weighted by atomic mass is 35.5. The maximum absolute atomic E-state index is 12.0. The van der Waals surface area contributed by atoms with Gasteiger partial charge in [0.1, 0.15) is 5.02 Å². The molecule has 0 aliphatic carbocycles. The van der Waals surface area contributed by atoms with Crippen LogP contribution in [0.25, 0.3) is 0 Å². The average molecular weight is 271 g/mol. The summed E-state index contributed by atoms with van der Waals surface area (Å²) in [6.07, 6.45) is 2.53. The van der Waals surface area contributed by atoms with E-state index in [9.17, 15) is 4.79 Å². The van der Waals surface area contributed by atoms with Crippen LogP contribution >= 0.6 is 11.6 Å². The minimum Gasteiger partial charge on any atom is -0.367 e. The number of rotatable bonds is 3. The van der Waals surface area contributed by atoms with Crippen molar-refractivity contribution in [1.29, 1.82) is 0 Å². The molecule has 2 atom stereocenters. The lowest BCUT2D eigenvalue weighted by atomic mass is 10.1. The monoisotopic (exact) mass is 270 g/mol. The molecule has 1 saturated heterocycles. The molecule has 0 radical (unpaired) electrons. The zero-order valence-electron chi connectivity index (χ0n) is 10.8. The molecule has 1 aromatic heterocycles. The first-order valence-electron chi connectivity index (χ1n) is 6.30. The second-order valence-corrected chi connectivity index (χ2v) is 5.30. The summed E-state index contributed by atoms with van der Waals surface area (Å²) >= 11 is 6.15. The van der Waals surface area contributed by atoms with Gasteiger partial charge >= 0.3 is 0 Å². The van der Waals surface area contributed by atoms with Gasteiger partial charge in [-0.05, 0) is 12.3 Å². The van der Waals surface area contributed by atoms with Gasteiger partial charge in [0.2, 0.25) is 0 Å². The molecular weight excluding hydrogens is 252 g/mol. The van der Waals surface area contributed by atoms with E-state index in [2.05, 4.69) is 12.0 Å². The lowest BCUT2D eigenvalue weighted by Gasteiger charge is -2.19.